The lowest BCUT2D eigenvalue weighted by Crippen LogP contribution is -2.51. The van der Waals surface area contributed by atoms with Crippen molar-refractivity contribution in [2.24, 2.45) is 0 Å². The number of nitrogens with zero attached hydrogens (tertiary/aromatic N) is 2. The van der Waals surface area contributed by atoms with Crippen LogP contribution in [0.5, 0.6) is 0 Å². The van der Waals surface area contributed by atoms with Crippen molar-refractivity contribution < 1.29 is 19.1 Å². The van der Waals surface area contributed by atoms with Crippen molar-refractivity contribution in [2.45, 2.75) is 31.1 Å². The minimum atomic E-state index is -0.494. The molecular formula is C17H18Cl2N2O4. The van der Waals surface area contributed by atoms with Gasteiger partial charge in [0.05, 0.1) is 41.4 Å². The van der Waals surface area contributed by atoms with Gasteiger partial charge in [-0.3, -0.25) is 14.5 Å². The molecule has 2 amide bonds. The maximum atomic E-state index is 12.8. The Bertz CT molecular complexity index is 711. The number of likely N-dealkylation sites (tertiary alicyclic amines) is 1. The van der Waals surface area contributed by atoms with E-state index in [1.165, 1.54) is 4.90 Å². The highest BCUT2D eigenvalue weighted by atomic mass is 35.5. The van der Waals surface area contributed by atoms with Crippen LogP contribution >= 0.6 is 23.2 Å². The second-order valence-electron chi connectivity index (χ2n) is 6.53. The summed E-state index contributed by atoms with van der Waals surface area (Å²) < 4.78 is 11.4. The van der Waals surface area contributed by atoms with Gasteiger partial charge in [0.1, 0.15) is 0 Å². The van der Waals surface area contributed by atoms with E-state index in [0.29, 0.717) is 54.9 Å². The van der Waals surface area contributed by atoms with Crippen LogP contribution in [-0.4, -0.2) is 54.8 Å². The summed E-state index contributed by atoms with van der Waals surface area (Å²) in [6, 6.07) is 4.33. The van der Waals surface area contributed by atoms with Gasteiger partial charge in [0.15, 0.2) is 5.79 Å². The van der Waals surface area contributed by atoms with E-state index in [-0.39, 0.29) is 18.2 Å². The number of amides is 2. The summed E-state index contributed by atoms with van der Waals surface area (Å²) in [6.07, 6.45) is 1.59. The molecule has 1 aromatic rings. The van der Waals surface area contributed by atoms with Crippen molar-refractivity contribution in [3.8, 4) is 0 Å². The predicted octanol–water partition coefficient (Wildman–Crippen LogP) is 2.46. The monoisotopic (exact) mass is 384 g/mol. The van der Waals surface area contributed by atoms with Gasteiger partial charge < -0.3 is 9.47 Å². The first-order valence-corrected chi connectivity index (χ1v) is 9.08. The highest BCUT2D eigenvalue weighted by Crippen LogP contribution is 2.35. The Labute approximate surface area is 155 Å². The second kappa shape index (κ2) is 6.52. The Morgan fingerprint density at radius 1 is 1.04 bits per heavy atom. The molecule has 1 spiro atoms. The molecular weight excluding hydrogens is 367 g/mol. The molecule has 8 heteroatoms. The molecule has 0 N–H and O–H groups in total. The van der Waals surface area contributed by atoms with E-state index >= 15 is 0 Å². The van der Waals surface area contributed by atoms with Gasteiger partial charge in [-0.2, -0.15) is 0 Å². The van der Waals surface area contributed by atoms with Crippen molar-refractivity contribution in [3.63, 3.8) is 0 Å². The molecule has 1 atom stereocenters. The number of imide groups is 1. The number of hydrogen-bond acceptors (Lipinski definition) is 5. The molecule has 134 valence electrons. The van der Waals surface area contributed by atoms with Gasteiger partial charge in [0.25, 0.3) is 5.91 Å². The first-order valence-electron chi connectivity index (χ1n) is 8.33. The number of rotatable bonds is 2. The molecule has 3 aliphatic heterocycles. The van der Waals surface area contributed by atoms with E-state index in [0.717, 1.165) is 0 Å². The Morgan fingerprint density at radius 3 is 2.36 bits per heavy atom. The third-order valence-electron chi connectivity index (χ3n) is 5.10. The van der Waals surface area contributed by atoms with Crippen LogP contribution in [0.15, 0.2) is 18.2 Å². The van der Waals surface area contributed by atoms with Crippen molar-refractivity contribution in [3.05, 3.63) is 28.2 Å². The Kier molecular flexibility index (Phi) is 4.50. The fourth-order valence-electron chi connectivity index (χ4n) is 3.76. The quantitative estimate of drug-likeness (QED) is 0.733. The topological polar surface area (TPSA) is 59.1 Å². The Hall–Kier alpha value is -1.18. The van der Waals surface area contributed by atoms with Crippen LogP contribution in [0.4, 0.5) is 5.69 Å². The van der Waals surface area contributed by atoms with E-state index in [1.54, 1.807) is 18.2 Å². The first kappa shape index (κ1) is 17.2. The van der Waals surface area contributed by atoms with Gasteiger partial charge in [-0.05, 0) is 18.2 Å². The largest absolute Gasteiger partial charge is 0.347 e. The number of carbonyl (C=O) groups is 2. The number of halogens is 2. The van der Waals surface area contributed by atoms with Crippen LogP contribution < -0.4 is 4.90 Å². The number of piperidine rings is 1. The van der Waals surface area contributed by atoms with Crippen LogP contribution in [0, 0.1) is 0 Å². The maximum absolute atomic E-state index is 12.8. The molecule has 3 heterocycles. The van der Waals surface area contributed by atoms with Crippen LogP contribution in [0.2, 0.25) is 10.0 Å². The van der Waals surface area contributed by atoms with Crippen molar-refractivity contribution in [1.29, 1.82) is 0 Å². The Balaban J connectivity index is 1.48. The standard InChI is InChI=1S/C17H18Cl2N2O4/c18-12-2-1-11(9-13(12)19)21-15(22)10-14(16(21)23)20-5-3-17(4-6-20)24-7-8-25-17/h1-2,9,14H,3-8,10H2/t14-/m1/s1. The van der Waals surface area contributed by atoms with Crippen molar-refractivity contribution in [1.82, 2.24) is 4.90 Å². The lowest BCUT2D eigenvalue weighted by molar-refractivity contribution is -0.188. The molecule has 0 unspecified atom stereocenters. The summed E-state index contributed by atoms with van der Waals surface area (Å²) >= 11 is 11.9. The summed E-state index contributed by atoms with van der Waals surface area (Å²) in [7, 11) is 0. The molecule has 1 aromatic carbocycles. The molecule has 3 fully saturated rings. The van der Waals surface area contributed by atoms with Crippen molar-refractivity contribution >= 4 is 40.7 Å². The highest BCUT2D eigenvalue weighted by Gasteiger charge is 2.47. The number of anilines is 1. The lowest BCUT2D eigenvalue weighted by atomic mass is 10.0. The highest BCUT2D eigenvalue weighted by molar-refractivity contribution is 6.42. The number of carbonyl (C=O) groups excluding carboxylic acids is 2. The fourth-order valence-corrected chi connectivity index (χ4v) is 4.05. The Morgan fingerprint density at radius 2 is 1.72 bits per heavy atom. The molecule has 4 rings (SSSR count). The van der Waals surface area contributed by atoms with Gasteiger partial charge >= 0.3 is 0 Å². The van der Waals surface area contributed by atoms with Crippen molar-refractivity contribution in [2.75, 3.05) is 31.2 Å². The number of ether oxygens (including phenoxy) is 2. The predicted molar refractivity (Wildman–Crippen MR) is 92.8 cm³/mol. The maximum Gasteiger partial charge on any atom is 0.251 e. The van der Waals surface area contributed by atoms with Gasteiger partial charge in [0.2, 0.25) is 5.91 Å². The number of hydrogen-bond donors (Lipinski definition) is 0. The second-order valence-corrected chi connectivity index (χ2v) is 7.34. The van der Waals surface area contributed by atoms with Gasteiger partial charge in [-0.15, -0.1) is 0 Å². The summed E-state index contributed by atoms with van der Waals surface area (Å²) in [5.74, 6) is -0.930. The van der Waals surface area contributed by atoms with Gasteiger partial charge in [-0.25, -0.2) is 4.90 Å². The third-order valence-corrected chi connectivity index (χ3v) is 5.84. The SMILES string of the molecule is O=C1C[C@@H](N2CCC3(CC2)OCCO3)C(=O)N1c1ccc(Cl)c(Cl)c1. The molecule has 3 saturated heterocycles. The zero-order valence-corrected chi connectivity index (χ0v) is 15.1. The zero-order valence-electron chi connectivity index (χ0n) is 13.5. The van der Waals surface area contributed by atoms with E-state index < -0.39 is 11.8 Å². The van der Waals surface area contributed by atoms with Gasteiger partial charge in [-0.1, -0.05) is 23.2 Å². The molecule has 25 heavy (non-hydrogen) atoms. The first-order chi connectivity index (χ1) is 12.0. The summed E-state index contributed by atoms with van der Waals surface area (Å²) in [4.78, 5) is 28.5. The molecule has 3 aliphatic rings. The molecule has 0 aromatic heterocycles. The molecule has 0 radical (unpaired) electrons. The average molecular weight is 385 g/mol. The van der Waals surface area contributed by atoms with Gasteiger partial charge in [0, 0.05) is 25.9 Å². The summed E-state index contributed by atoms with van der Waals surface area (Å²) in [5, 5.41) is 0.706. The molecule has 6 nitrogen and oxygen atoms in total. The van der Waals surface area contributed by atoms with Crippen LogP contribution in [-0.2, 0) is 19.1 Å². The van der Waals surface area contributed by atoms with E-state index in [4.69, 9.17) is 32.7 Å². The minimum absolute atomic E-state index is 0.174. The molecule has 0 bridgehead atoms. The summed E-state index contributed by atoms with van der Waals surface area (Å²) in [6.45, 7) is 2.57. The summed E-state index contributed by atoms with van der Waals surface area (Å²) in [5.41, 5.74) is 0.461. The number of benzene rings is 1. The van der Waals surface area contributed by atoms with E-state index in [1.807, 2.05) is 4.90 Å². The normalized spacial score (nSPS) is 26.8. The van der Waals surface area contributed by atoms with E-state index in [9.17, 15) is 9.59 Å². The third kappa shape index (κ3) is 3.06. The average Bonchev–Trinajstić information content (AvgIpc) is 3.16. The minimum Gasteiger partial charge on any atom is -0.347 e. The molecule has 0 aliphatic carbocycles. The molecule has 0 saturated carbocycles. The van der Waals surface area contributed by atoms with Crippen LogP contribution in [0.25, 0.3) is 0 Å². The van der Waals surface area contributed by atoms with Crippen LogP contribution in [0.3, 0.4) is 0 Å². The lowest BCUT2D eigenvalue weighted by Gasteiger charge is -2.39. The fraction of sp³-hybridized carbons (Fsp3) is 0.529. The van der Waals surface area contributed by atoms with E-state index in [2.05, 4.69) is 0 Å². The smallest absolute Gasteiger partial charge is 0.251 e. The zero-order chi connectivity index (χ0) is 17.6. The van der Waals surface area contributed by atoms with Crippen LogP contribution in [0.1, 0.15) is 19.3 Å².